The van der Waals surface area contributed by atoms with Crippen LogP contribution in [0.1, 0.15) is 12.8 Å². The molecule has 2 aliphatic rings. The van der Waals surface area contributed by atoms with Crippen LogP contribution in [-0.4, -0.2) is 37.5 Å². The molecule has 2 heterocycles. The molecule has 2 aliphatic heterocycles. The van der Waals surface area contributed by atoms with E-state index < -0.39 is 0 Å². The zero-order valence-corrected chi connectivity index (χ0v) is 7.16. The lowest BCUT2D eigenvalue weighted by Gasteiger charge is -2.45. The van der Waals surface area contributed by atoms with E-state index in [2.05, 4.69) is 0 Å². The number of hydrogen-bond acceptors (Lipinski definition) is 4. The Kier molecular flexibility index (Phi) is 2.08. The van der Waals surface area contributed by atoms with Gasteiger partial charge in [0.05, 0.1) is 31.5 Å². The van der Waals surface area contributed by atoms with Crippen molar-refractivity contribution in [1.82, 2.24) is 0 Å². The second kappa shape index (κ2) is 2.96. The third-order valence-electron chi connectivity index (χ3n) is 2.69. The lowest BCUT2D eigenvalue weighted by atomic mass is 9.86. The fourth-order valence-corrected chi connectivity index (χ4v) is 1.75. The van der Waals surface area contributed by atoms with Crippen molar-refractivity contribution in [2.75, 3.05) is 19.8 Å². The smallest absolute Gasteiger partial charge is 0.0893 e. The molecule has 0 aromatic heterocycles. The van der Waals surface area contributed by atoms with Crippen molar-refractivity contribution in [2.45, 2.75) is 30.5 Å². The van der Waals surface area contributed by atoms with E-state index >= 15 is 0 Å². The van der Waals surface area contributed by atoms with Gasteiger partial charge in [0.15, 0.2) is 0 Å². The van der Waals surface area contributed by atoms with Gasteiger partial charge in [-0.1, -0.05) is 0 Å². The minimum atomic E-state index is -0.222. The van der Waals surface area contributed by atoms with Gasteiger partial charge in [0.25, 0.3) is 0 Å². The van der Waals surface area contributed by atoms with E-state index in [9.17, 15) is 0 Å². The Morgan fingerprint density at radius 3 is 2.42 bits per heavy atom. The standard InChI is InChI=1S/C8H16N2O2/c9-6-1-2-7(12-3-6)8(10)4-11-5-8/h6-7H,1-5,9-10H2. The Bertz CT molecular complexity index is 162. The van der Waals surface area contributed by atoms with Gasteiger partial charge in [-0.15, -0.1) is 0 Å². The van der Waals surface area contributed by atoms with E-state index in [1.165, 1.54) is 0 Å². The molecule has 0 aromatic carbocycles. The Hall–Kier alpha value is -0.160. The summed E-state index contributed by atoms with van der Waals surface area (Å²) >= 11 is 0. The van der Waals surface area contributed by atoms with Crippen molar-refractivity contribution in [3.63, 3.8) is 0 Å². The zero-order valence-electron chi connectivity index (χ0n) is 7.16. The fourth-order valence-electron chi connectivity index (χ4n) is 1.75. The average molecular weight is 172 g/mol. The zero-order chi connectivity index (χ0) is 8.60. The first kappa shape index (κ1) is 8.44. The number of hydrogen-bond donors (Lipinski definition) is 2. The highest BCUT2D eigenvalue weighted by molar-refractivity contribution is 4.99. The second-order valence-electron chi connectivity index (χ2n) is 3.89. The molecule has 0 aliphatic carbocycles. The summed E-state index contributed by atoms with van der Waals surface area (Å²) in [5.74, 6) is 0. The molecule has 2 fully saturated rings. The maximum atomic E-state index is 6.03. The van der Waals surface area contributed by atoms with E-state index in [1.807, 2.05) is 0 Å². The van der Waals surface area contributed by atoms with Crippen molar-refractivity contribution in [1.29, 1.82) is 0 Å². The maximum absolute atomic E-state index is 6.03. The van der Waals surface area contributed by atoms with Gasteiger partial charge in [0.1, 0.15) is 0 Å². The molecule has 0 radical (unpaired) electrons. The molecule has 70 valence electrons. The number of rotatable bonds is 1. The highest BCUT2D eigenvalue weighted by Gasteiger charge is 2.44. The number of nitrogens with two attached hydrogens (primary N) is 2. The van der Waals surface area contributed by atoms with Crippen LogP contribution in [-0.2, 0) is 9.47 Å². The van der Waals surface area contributed by atoms with Crippen molar-refractivity contribution in [3.8, 4) is 0 Å². The SMILES string of the molecule is NC1CCC(C2(N)COC2)OC1. The highest BCUT2D eigenvalue weighted by Crippen LogP contribution is 2.27. The third-order valence-corrected chi connectivity index (χ3v) is 2.69. The van der Waals surface area contributed by atoms with Crippen LogP contribution < -0.4 is 11.5 Å². The highest BCUT2D eigenvalue weighted by atomic mass is 16.5. The molecular formula is C8H16N2O2. The predicted molar refractivity (Wildman–Crippen MR) is 44.7 cm³/mol. The summed E-state index contributed by atoms with van der Waals surface area (Å²) in [6, 6.07) is 0.200. The molecule has 2 atom stereocenters. The molecule has 12 heavy (non-hydrogen) atoms. The quantitative estimate of drug-likeness (QED) is 0.544. The van der Waals surface area contributed by atoms with Crippen LogP contribution in [0.15, 0.2) is 0 Å². The van der Waals surface area contributed by atoms with Gasteiger partial charge < -0.3 is 20.9 Å². The van der Waals surface area contributed by atoms with E-state index in [0.717, 1.165) is 12.8 Å². The first-order valence-corrected chi connectivity index (χ1v) is 4.44. The molecule has 2 rings (SSSR count). The third kappa shape index (κ3) is 1.35. The van der Waals surface area contributed by atoms with Crippen molar-refractivity contribution < 1.29 is 9.47 Å². The Morgan fingerprint density at radius 2 is 2.00 bits per heavy atom. The topological polar surface area (TPSA) is 70.5 Å². The largest absolute Gasteiger partial charge is 0.377 e. The first-order valence-electron chi connectivity index (χ1n) is 4.44. The summed E-state index contributed by atoms with van der Waals surface area (Å²) in [5, 5.41) is 0. The first-order chi connectivity index (χ1) is 5.71. The van der Waals surface area contributed by atoms with Gasteiger partial charge in [-0.25, -0.2) is 0 Å². The monoisotopic (exact) mass is 172 g/mol. The van der Waals surface area contributed by atoms with Gasteiger partial charge in [0.2, 0.25) is 0 Å². The molecule has 0 bridgehead atoms. The predicted octanol–water partition coefficient (Wildman–Crippen LogP) is -0.780. The Labute approximate surface area is 72.2 Å². The molecule has 4 N–H and O–H groups in total. The average Bonchev–Trinajstić information content (AvgIpc) is 2.02. The Balaban J connectivity index is 1.88. The van der Waals surface area contributed by atoms with Gasteiger partial charge in [-0.3, -0.25) is 0 Å². The normalized spacial score (nSPS) is 40.5. The molecule has 0 aromatic rings. The minimum Gasteiger partial charge on any atom is -0.377 e. The van der Waals surface area contributed by atoms with Crippen LogP contribution >= 0.6 is 0 Å². The summed E-state index contributed by atoms with van der Waals surface area (Å²) in [6.45, 7) is 1.91. The van der Waals surface area contributed by atoms with E-state index in [0.29, 0.717) is 19.8 Å². The van der Waals surface area contributed by atoms with Crippen LogP contribution in [0, 0.1) is 0 Å². The summed E-state index contributed by atoms with van der Waals surface area (Å²) in [5.41, 5.74) is 11.5. The molecule has 2 saturated heterocycles. The maximum Gasteiger partial charge on any atom is 0.0893 e. The summed E-state index contributed by atoms with van der Waals surface area (Å²) in [4.78, 5) is 0. The second-order valence-corrected chi connectivity index (χ2v) is 3.89. The molecule has 0 amide bonds. The Morgan fingerprint density at radius 1 is 1.25 bits per heavy atom. The van der Waals surface area contributed by atoms with Crippen LogP contribution in [0.4, 0.5) is 0 Å². The summed E-state index contributed by atoms with van der Waals surface area (Å²) in [7, 11) is 0. The van der Waals surface area contributed by atoms with Gasteiger partial charge in [-0.05, 0) is 12.8 Å². The van der Waals surface area contributed by atoms with Gasteiger partial charge in [0, 0.05) is 6.04 Å². The molecule has 4 heteroatoms. The summed E-state index contributed by atoms with van der Waals surface area (Å²) in [6.07, 6.45) is 2.15. The number of ether oxygens (including phenoxy) is 2. The fraction of sp³-hybridized carbons (Fsp3) is 1.00. The van der Waals surface area contributed by atoms with Gasteiger partial charge in [-0.2, -0.15) is 0 Å². The van der Waals surface area contributed by atoms with Crippen LogP contribution in [0.2, 0.25) is 0 Å². The van der Waals surface area contributed by atoms with E-state index in [-0.39, 0.29) is 17.7 Å². The van der Waals surface area contributed by atoms with E-state index in [4.69, 9.17) is 20.9 Å². The van der Waals surface area contributed by atoms with Gasteiger partial charge >= 0.3 is 0 Å². The van der Waals surface area contributed by atoms with Crippen molar-refractivity contribution in [2.24, 2.45) is 11.5 Å². The van der Waals surface area contributed by atoms with E-state index in [1.54, 1.807) is 0 Å². The van der Waals surface area contributed by atoms with Crippen LogP contribution in [0.5, 0.6) is 0 Å². The van der Waals surface area contributed by atoms with Crippen LogP contribution in [0.25, 0.3) is 0 Å². The van der Waals surface area contributed by atoms with Crippen molar-refractivity contribution in [3.05, 3.63) is 0 Å². The molecule has 4 nitrogen and oxygen atoms in total. The molecule has 0 saturated carbocycles. The molecular weight excluding hydrogens is 156 g/mol. The molecule has 0 spiro atoms. The van der Waals surface area contributed by atoms with Crippen LogP contribution in [0.3, 0.4) is 0 Å². The minimum absolute atomic E-state index is 0.158. The summed E-state index contributed by atoms with van der Waals surface area (Å²) < 4.78 is 10.6. The lowest BCUT2D eigenvalue weighted by Crippen LogP contribution is -2.67. The molecule has 2 unspecified atom stereocenters. The van der Waals surface area contributed by atoms with Crippen molar-refractivity contribution >= 4 is 0 Å². The lowest BCUT2D eigenvalue weighted by molar-refractivity contribution is -0.146.